The van der Waals surface area contributed by atoms with Gasteiger partial charge in [-0.2, -0.15) is 0 Å². The van der Waals surface area contributed by atoms with Crippen molar-refractivity contribution < 1.29 is 20.1 Å². The quantitative estimate of drug-likeness (QED) is 0.515. The molecule has 5 N–H and O–H groups in total. The zero-order valence-electron chi connectivity index (χ0n) is 8.29. The van der Waals surface area contributed by atoms with Gasteiger partial charge in [0.15, 0.2) is 0 Å². The van der Waals surface area contributed by atoms with Crippen molar-refractivity contribution in [2.24, 2.45) is 0 Å². The summed E-state index contributed by atoms with van der Waals surface area (Å²) < 4.78 is 4.85. The van der Waals surface area contributed by atoms with Gasteiger partial charge in [-0.25, -0.2) is 4.98 Å². The lowest BCUT2D eigenvalue weighted by atomic mass is 10.1. The highest BCUT2D eigenvalue weighted by Crippen LogP contribution is 2.23. The molecular weight excluding hydrogens is 200 g/mol. The Morgan fingerprint density at radius 2 is 2.13 bits per heavy atom. The Kier molecular flexibility index (Phi) is 3.84. The first-order valence-corrected chi connectivity index (χ1v) is 4.37. The van der Waals surface area contributed by atoms with Gasteiger partial charge in [-0.15, -0.1) is 0 Å². The number of aromatic nitrogens is 1. The van der Waals surface area contributed by atoms with E-state index in [0.29, 0.717) is 0 Å². The summed E-state index contributed by atoms with van der Waals surface area (Å²) in [4.78, 5) is 3.89. The molecule has 0 aliphatic rings. The van der Waals surface area contributed by atoms with Crippen molar-refractivity contribution in [3.05, 3.63) is 17.8 Å². The largest absolute Gasteiger partial charge is 0.481 e. The average molecular weight is 214 g/mol. The molecule has 84 valence electrons. The first-order chi connectivity index (χ1) is 7.10. The van der Waals surface area contributed by atoms with E-state index in [1.54, 1.807) is 0 Å². The molecule has 15 heavy (non-hydrogen) atoms. The first-order valence-electron chi connectivity index (χ1n) is 4.37. The van der Waals surface area contributed by atoms with E-state index < -0.39 is 18.8 Å². The molecule has 1 heterocycles. The van der Waals surface area contributed by atoms with Crippen molar-refractivity contribution in [2.75, 3.05) is 19.5 Å². The number of nitrogens with zero attached hydrogens (tertiary/aromatic N) is 1. The molecule has 0 saturated carbocycles. The normalized spacial score (nSPS) is 14.7. The highest BCUT2D eigenvalue weighted by Gasteiger charge is 2.21. The molecule has 0 bridgehead atoms. The zero-order valence-corrected chi connectivity index (χ0v) is 8.29. The van der Waals surface area contributed by atoms with E-state index >= 15 is 0 Å². The van der Waals surface area contributed by atoms with Gasteiger partial charge < -0.3 is 25.8 Å². The number of hydrogen-bond donors (Lipinski definition) is 4. The van der Waals surface area contributed by atoms with Crippen molar-refractivity contribution in [2.45, 2.75) is 12.2 Å². The van der Waals surface area contributed by atoms with Crippen LogP contribution in [0, 0.1) is 0 Å². The predicted octanol–water partition coefficient (Wildman–Crippen LogP) is -0.941. The van der Waals surface area contributed by atoms with Crippen molar-refractivity contribution in [3.8, 4) is 5.88 Å². The van der Waals surface area contributed by atoms with Crippen molar-refractivity contribution in [3.63, 3.8) is 0 Å². The minimum Gasteiger partial charge on any atom is -0.481 e. The van der Waals surface area contributed by atoms with Gasteiger partial charge in [0.05, 0.1) is 25.1 Å². The van der Waals surface area contributed by atoms with Crippen LogP contribution in [0.3, 0.4) is 0 Å². The van der Waals surface area contributed by atoms with E-state index in [4.69, 9.17) is 15.6 Å². The number of aliphatic hydroxyl groups is 3. The average Bonchev–Trinajstić information content (AvgIpc) is 2.27. The minimum absolute atomic E-state index is 0.0934. The molecule has 6 nitrogen and oxygen atoms in total. The van der Waals surface area contributed by atoms with Crippen LogP contribution in [-0.2, 0) is 0 Å². The second-order valence-electron chi connectivity index (χ2n) is 3.02. The number of hydrogen-bond acceptors (Lipinski definition) is 6. The van der Waals surface area contributed by atoms with Gasteiger partial charge in [0, 0.05) is 6.07 Å². The lowest BCUT2D eigenvalue weighted by Crippen LogP contribution is -2.24. The van der Waals surface area contributed by atoms with Crippen molar-refractivity contribution in [1.29, 1.82) is 0 Å². The summed E-state index contributed by atoms with van der Waals surface area (Å²) >= 11 is 0. The van der Waals surface area contributed by atoms with Crippen LogP contribution in [0.4, 0.5) is 5.69 Å². The zero-order chi connectivity index (χ0) is 11.4. The van der Waals surface area contributed by atoms with Crippen LogP contribution in [0.25, 0.3) is 0 Å². The summed E-state index contributed by atoms with van der Waals surface area (Å²) in [5.41, 5.74) is 5.89. The number of ether oxygens (including phenoxy) is 1. The Morgan fingerprint density at radius 1 is 1.47 bits per heavy atom. The summed E-state index contributed by atoms with van der Waals surface area (Å²) in [5.74, 6) is 0.281. The molecule has 0 saturated heterocycles. The fraction of sp³-hybridized carbons (Fsp3) is 0.444. The number of aliphatic hydroxyl groups excluding tert-OH is 3. The summed E-state index contributed by atoms with van der Waals surface area (Å²) in [6, 6.07) is 3.05. The molecular formula is C9H14N2O4. The fourth-order valence-electron chi connectivity index (χ4n) is 1.10. The SMILES string of the molecule is COc1ccc(N)c(C(O)C(O)CO)n1. The van der Waals surface area contributed by atoms with Gasteiger partial charge in [0.2, 0.25) is 5.88 Å². The van der Waals surface area contributed by atoms with E-state index in [9.17, 15) is 10.2 Å². The number of methoxy groups -OCH3 is 1. The summed E-state index contributed by atoms with van der Waals surface area (Å²) in [7, 11) is 1.43. The number of pyridine rings is 1. The maximum absolute atomic E-state index is 9.58. The third-order valence-electron chi connectivity index (χ3n) is 1.97. The number of nitrogens with two attached hydrogens (primary N) is 1. The van der Waals surface area contributed by atoms with Crippen LogP contribution >= 0.6 is 0 Å². The van der Waals surface area contributed by atoms with Crippen LogP contribution in [0.1, 0.15) is 11.8 Å². The van der Waals surface area contributed by atoms with Crippen LogP contribution in [0.2, 0.25) is 0 Å². The van der Waals surface area contributed by atoms with Crippen LogP contribution in [0.5, 0.6) is 5.88 Å². The molecule has 2 unspecified atom stereocenters. The topological polar surface area (TPSA) is 109 Å². The van der Waals surface area contributed by atoms with Crippen LogP contribution in [0.15, 0.2) is 12.1 Å². The standard InChI is InChI=1S/C9H14N2O4/c1-15-7-3-2-5(10)8(11-7)9(14)6(13)4-12/h2-3,6,9,12-14H,4,10H2,1H3. The van der Waals surface area contributed by atoms with Gasteiger partial charge in [-0.05, 0) is 6.07 Å². The second kappa shape index (κ2) is 4.92. The molecule has 0 spiro atoms. The van der Waals surface area contributed by atoms with E-state index in [2.05, 4.69) is 4.98 Å². The maximum atomic E-state index is 9.58. The van der Waals surface area contributed by atoms with Gasteiger partial charge in [0.1, 0.15) is 12.2 Å². The van der Waals surface area contributed by atoms with Gasteiger partial charge in [-0.1, -0.05) is 0 Å². The van der Waals surface area contributed by atoms with E-state index in [0.717, 1.165) is 0 Å². The summed E-state index contributed by atoms with van der Waals surface area (Å²) in [5, 5.41) is 27.5. The van der Waals surface area contributed by atoms with Gasteiger partial charge in [-0.3, -0.25) is 0 Å². The van der Waals surface area contributed by atoms with Crippen LogP contribution < -0.4 is 10.5 Å². The Hall–Kier alpha value is -1.37. The molecule has 0 aliphatic heterocycles. The third kappa shape index (κ3) is 2.56. The van der Waals surface area contributed by atoms with E-state index in [1.807, 2.05) is 0 Å². The van der Waals surface area contributed by atoms with Crippen LogP contribution in [-0.4, -0.2) is 40.1 Å². The number of anilines is 1. The number of nitrogen functional groups attached to an aromatic ring is 1. The molecule has 0 amide bonds. The fourth-order valence-corrected chi connectivity index (χ4v) is 1.10. The predicted molar refractivity (Wildman–Crippen MR) is 53.3 cm³/mol. The summed E-state index contributed by atoms with van der Waals surface area (Å²) in [6.45, 7) is -0.570. The van der Waals surface area contributed by atoms with Crippen molar-refractivity contribution >= 4 is 5.69 Å². The monoisotopic (exact) mass is 214 g/mol. The molecule has 0 fully saturated rings. The van der Waals surface area contributed by atoms with E-state index in [1.165, 1.54) is 19.2 Å². The van der Waals surface area contributed by atoms with E-state index in [-0.39, 0.29) is 17.3 Å². The lowest BCUT2D eigenvalue weighted by Gasteiger charge is -2.17. The second-order valence-corrected chi connectivity index (χ2v) is 3.02. The van der Waals surface area contributed by atoms with Crippen molar-refractivity contribution in [1.82, 2.24) is 4.98 Å². The lowest BCUT2D eigenvalue weighted by molar-refractivity contribution is -0.0170. The molecule has 1 aromatic rings. The highest BCUT2D eigenvalue weighted by atomic mass is 16.5. The highest BCUT2D eigenvalue weighted by molar-refractivity contribution is 5.45. The van der Waals surface area contributed by atoms with Gasteiger partial charge in [0.25, 0.3) is 0 Å². The minimum atomic E-state index is -1.33. The van der Waals surface area contributed by atoms with Gasteiger partial charge >= 0.3 is 0 Å². The Balaban J connectivity index is 3.01. The molecule has 0 aromatic carbocycles. The molecule has 6 heteroatoms. The Morgan fingerprint density at radius 3 is 2.67 bits per heavy atom. The molecule has 2 atom stereocenters. The third-order valence-corrected chi connectivity index (χ3v) is 1.97. The first kappa shape index (κ1) is 11.7. The molecule has 1 rings (SSSR count). The molecule has 1 aromatic heterocycles. The smallest absolute Gasteiger partial charge is 0.213 e. The summed E-state index contributed by atoms with van der Waals surface area (Å²) in [6.07, 6.45) is -2.64. The molecule has 0 aliphatic carbocycles. The maximum Gasteiger partial charge on any atom is 0.213 e. The Bertz CT molecular complexity index is 332. The Labute approximate surface area is 86.9 Å². The number of rotatable bonds is 4. The molecule has 0 radical (unpaired) electrons.